The van der Waals surface area contributed by atoms with Crippen LogP contribution in [0.1, 0.15) is 13.8 Å². The van der Waals surface area contributed by atoms with Crippen LogP contribution in [0.25, 0.3) is 11.0 Å². The zero-order valence-electron chi connectivity index (χ0n) is 8.66. The third-order valence-corrected chi connectivity index (χ3v) is 2.89. The number of halogens is 1. The molecule has 0 amide bonds. The van der Waals surface area contributed by atoms with Gasteiger partial charge in [0.2, 0.25) is 0 Å². The molecule has 0 aliphatic rings. The molecule has 0 aliphatic heterocycles. The fraction of sp³-hybridized carbons (Fsp3) is 0.444. The van der Waals surface area contributed by atoms with E-state index in [1.807, 2.05) is 11.6 Å². The van der Waals surface area contributed by atoms with Crippen LogP contribution in [-0.4, -0.2) is 26.3 Å². The SMILES string of the molecule is CCNc1ncnc2c1c(I)nn2CC. The highest BCUT2D eigenvalue weighted by Crippen LogP contribution is 2.24. The summed E-state index contributed by atoms with van der Waals surface area (Å²) in [4.78, 5) is 8.49. The Morgan fingerprint density at radius 2 is 2.20 bits per heavy atom. The van der Waals surface area contributed by atoms with Crippen LogP contribution in [0.4, 0.5) is 5.82 Å². The lowest BCUT2D eigenvalue weighted by atomic mass is 10.4. The van der Waals surface area contributed by atoms with Crippen LogP contribution in [-0.2, 0) is 6.54 Å². The molecule has 0 radical (unpaired) electrons. The molecule has 6 heteroatoms. The van der Waals surface area contributed by atoms with Crippen LogP contribution >= 0.6 is 22.6 Å². The van der Waals surface area contributed by atoms with Crippen molar-refractivity contribution in [2.24, 2.45) is 0 Å². The summed E-state index contributed by atoms with van der Waals surface area (Å²) in [5, 5.41) is 8.65. The highest BCUT2D eigenvalue weighted by molar-refractivity contribution is 14.1. The second-order valence-corrected chi connectivity index (χ2v) is 4.08. The molecule has 0 saturated carbocycles. The molecule has 2 heterocycles. The average molecular weight is 317 g/mol. The highest BCUT2D eigenvalue weighted by atomic mass is 127. The van der Waals surface area contributed by atoms with Gasteiger partial charge in [-0.1, -0.05) is 0 Å². The smallest absolute Gasteiger partial charge is 0.164 e. The van der Waals surface area contributed by atoms with Crippen molar-refractivity contribution in [2.75, 3.05) is 11.9 Å². The van der Waals surface area contributed by atoms with E-state index >= 15 is 0 Å². The number of hydrogen-bond acceptors (Lipinski definition) is 4. The standard InChI is InChI=1S/C9H12IN5/c1-3-11-8-6-7(10)14-15(4-2)9(6)13-5-12-8/h5H,3-4H2,1-2H3,(H,11,12,13). The van der Waals surface area contributed by atoms with Gasteiger partial charge in [-0.05, 0) is 36.4 Å². The monoisotopic (exact) mass is 317 g/mol. The normalized spacial score (nSPS) is 10.9. The van der Waals surface area contributed by atoms with Gasteiger partial charge in [-0.2, -0.15) is 5.10 Å². The Bertz CT molecular complexity index is 479. The summed E-state index contributed by atoms with van der Waals surface area (Å²) in [7, 11) is 0. The number of fused-ring (bicyclic) bond motifs is 1. The summed E-state index contributed by atoms with van der Waals surface area (Å²) in [6.07, 6.45) is 1.57. The second-order valence-electron chi connectivity index (χ2n) is 3.06. The average Bonchev–Trinajstić information content (AvgIpc) is 2.57. The van der Waals surface area contributed by atoms with E-state index in [4.69, 9.17) is 0 Å². The minimum Gasteiger partial charge on any atom is -0.370 e. The quantitative estimate of drug-likeness (QED) is 0.878. The maximum atomic E-state index is 4.41. The fourth-order valence-corrected chi connectivity index (χ4v) is 2.24. The second kappa shape index (κ2) is 4.30. The number of aromatic nitrogens is 4. The molecular formula is C9H12IN5. The molecule has 2 rings (SSSR count). The zero-order chi connectivity index (χ0) is 10.8. The summed E-state index contributed by atoms with van der Waals surface area (Å²) >= 11 is 2.22. The molecule has 0 atom stereocenters. The van der Waals surface area contributed by atoms with Crippen LogP contribution in [0.2, 0.25) is 0 Å². The van der Waals surface area contributed by atoms with Gasteiger partial charge in [0.15, 0.2) is 5.65 Å². The molecule has 0 unspecified atom stereocenters. The first kappa shape index (κ1) is 10.6. The topological polar surface area (TPSA) is 55.6 Å². The number of nitrogens with zero attached hydrogens (tertiary/aromatic N) is 4. The number of hydrogen-bond donors (Lipinski definition) is 1. The molecule has 0 bridgehead atoms. The summed E-state index contributed by atoms with van der Waals surface area (Å²) in [5.41, 5.74) is 0.896. The molecule has 15 heavy (non-hydrogen) atoms. The lowest BCUT2D eigenvalue weighted by Gasteiger charge is -2.02. The van der Waals surface area contributed by atoms with Crippen molar-refractivity contribution < 1.29 is 0 Å². The van der Waals surface area contributed by atoms with Crippen LogP contribution < -0.4 is 5.32 Å². The number of rotatable bonds is 3. The Labute approximate surface area is 101 Å². The third-order valence-electron chi connectivity index (χ3n) is 2.13. The predicted octanol–water partition coefficient (Wildman–Crippen LogP) is 1.88. The van der Waals surface area contributed by atoms with Gasteiger partial charge < -0.3 is 5.32 Å². The summed E-state index contributed by atoms with van der Waals surface area (Å²) in [6.45, 7) is 5.77. The van der Waals surface area contributed by atoms with Crippen LogP contribution in [0.3, 0.4) is 0 Å². The van der Waals surface area contributed by atoms with Gasteiger partial charge in [0.1, 0.15) is 15.8 Å². The van der Waals surface area contributed by atoms with Gasteiger partial charge in [0.05, 0.1) is 5.39 Å². The van der Waals surface area contributed by atoms with E-state index in [-0.39, 0.29) is 0 Å². The van der Waals surface area contributed by atoms with Gasteiger partial charge in [-0.3, -0.25) is 0 Å². The molecule has 80 valence electrons. The molecular weight excluding hydrogens is 305 g/mol. The Morgan fingerprint density at radius 3 is 2.87 bits per heavy atom. The lowest BCUT2D eigenvalue weighted by molar-refractivity contribution is 0.671. The molecule has 0 aliphatic carbocycles. The minimum absolute atomic E-state index is 0.822. The van der Waals surface area contributed by atoms with E-state index in [2.05, 4.69) is 49.9 Å². The van der Waals surface area contributed by atoms with Gasteiger partial charge in [0.25, 0.3) is 0 Å². The molecule has 2 aromatic heterocycles. The summed E-state index contributed by atoms with van der Waals surface area (Å²) in [5.74, 6) is 0.867. The lowest BCUT2D eigenvalue weighted by Crippen LogP contribution is -2.01. The van der Waals surface area contributed by atoms with Crippen LogP contribution in [0, 0.1) is 3.70 Å². The van der Waals surface area contributed by atoms with Gasteiger partial charge in [-0.15, -0.1) is 0 Å². The van der Waals surface area contributed by atoms with Crippen molar-refractivity contribution in [3.8, 4) is 0 Å². The summed E-state index contributed by atoms with van der Waals surface area (Å²) < 4.78 is 2.83. The Balaban J connectivity index is 2.68. The first-order valence-corrected chi connectivity index (χ1v) is 5.96. The van der Waals surface area contributed by atoms with Crippen LogP contribution in [0.15, 0.2) is 6.33 Å². The Kier molecular flexibility index (Phi) is 3.03. The first-order chi connectivity index (χ1) is 7.27. The molecule has 0 fully saturated rings. The first-order valence-electron chi connectivity index (χ1n) is 4.88. The predicted molar refractivity (Wildman–Crippen MR) is 67.9 cm³/mol. The van der Waals surface area contributed by atoms with Crippen molar-refractivity contribution in [2.45, 2.75) is 20.4 Å². The molecule has 2 aromatic rings. The van der Waals surface area contributed by atoms with Crippen molar-refractivity contribution in [1.82, 2.24) is 19.7 Å². The molecule has 0 spiro atoms. The third kappa shape index (κ3) is 1.77. The Morgan fingerprint density at radius 1 is 1.40 bits per heavy atom. The van der Waals surface area contributed by atoms with Crippen molar-refractivity contribution >= 4 is 39.4 Å². The van der Waals surface area contributed by atoms with Gasteiger partial charge >= 0.3 is 0 Å². The van der Waals surface area contributed by atoms with Crippen molar-refractivity contribution in [3.05, 3.63) is 10.0 Å². The molecule has 0 saturated heterocycles. The zero-order valence-corrected chi connectivity index (χ0v) is 10.8. The molecule has 1 N–H and O–H groups in total. The van der Waals surface area contributed by atoms with E-state index in [0.29, 0.717) is 0 Å². The number of anilines is 1. The Hall–Kier alpha value is -0.920. The molecule has 5 nitrogen and oxygen atoms in total. The largest absolute Gasteiger partial charge is 0.370 e. The van der Waals surface area contributed by atoms with E-state index in [1.165, 1.54) is 0 Å². The van der Waals surface area contributed by atoms with E-state index < -0.39 is 0 Å². The maximum Gasteiger partial charge on any atom is 0.164 e. The maximum absolute atomic E-state index is 4.41. The van der Waals surface area contributed by atoms with Crippen molar-refractivity contribution in [3.63, 3.8) is 0 Å². The van der Waals surface area contributed by atoms with Gasteiger partial charge in [0, 0.05) is 13.1 Å². The van der Waals surface area contributed by atoms with Crippen LogP contribution in [0.5, 0.6) is 0 Å². The molecule has 0 aromatic carbocycles. The summed E-state index contributed by atoms with van der Waals surface area (Å²) in [6, 6.07) is 0. The van der Waals surface area contributed by atoms with E-state index in [9.17, 15) is 0 Å². The fourth-order valence-electron chi connectivity index (χ4n) is 1.49. The number of aryl methyl sites for hydroxylation is 1. The minimum atomic E-state index is 0.822. The number of nitrogens with one attached hydrogen (secondary N) is 1. The van der Waals surface area contributed by atoms with E-state index in [1.54, 1.807) is 6.33 Å². The highest BCUT2D eigenvalue weighted by Gasteiger charge is 2.13. The van der Waals surface area contributed by atoms with Crippen molar-refractivity contribution in [1.29, 1.82) is 0 Å². The van der Waals surface area contributed by atoms with E-state index in [0.717, 1.165) is 33.6 Å². The van der Waals surface area contributed by atoms with Gasteiger partial charge in [-0.25, -0.2) is 14.6 Å².